The zero-order chi connectivity index (χ0) is 20.3. The van der Waals surface area contributed by atoms with Gasteiger partial charge < -0.3 is 14.8 Å². The largest absolute Gasteiger partial charge is 0.495 e. The average molecular weight is 380 g/mol. The van der Waals surface area contributed by atoms with E-state index in [1.54, 1.807) is 48.5 Å². The minimum absolute atomic E-state index is 0.316. The molecule has 144 valence electrons. The molecule has 28 heavy (non-hydrogen) atoms. The van der Waals surface area contributed by atoms with Gasteiger partial charge in [-0.3, -0.25) is 19.3 Å². The van der Waals surface area contributed by atoms with Crippen molar-refractivity contribution in [2.45, 2.75) is 13.0 Å². The summed E-state index contributed by atoms with van der Waals surface area (Å²) in [6.07, 6.45) is -1.05. The number of nitrogens with zero attached hydrogens (tertiary/aromatic N) is 1. The molecular weight excluding hydrogens is 360 g/mol. The summed E-state index contributed by atoms with van der Waals surface area (Å²) in [5.74, 6) is -1.03. The first kappa shape index (κ1) is 19.2. The van der Waals surface area contributed by atoms with E-state index in [2.05, 4.69) is 11.9 Å². The Kier molecular flexibility index (Phi) is 5.44. The lowest BCUT2D eigenvalue weighted by molar-refractivity contribution is -0.153. The summed E-state index contributed by atoms with van der Waals surface area (Å²) in [7, 11) is 1.49. The van der Waals surface area contributed by atoms with E-state index in [4.69, 9.17) is 9.47 Å². The standard InChI is InChI=1S/C21H20N2O5/c1-13-15-8-4-5-9-16(15)21(26)23(13)12-19(24)28-14(2)20(25)22-17-10-6-7-11-18(17)27-3/h4-11,14H,1,12H2,2-3H3,(H,22,25). The number of esters is 1. The van der Waals surface area contributed by atoms with Crippen LogP contribution in [0, 0.1) is 0 Å². The van der Waals surface area contributed by atoms with Gasteiger partial charge in [0, 0.05) is 16.8 Å². The summed E-state index contributed by atoms with van der Waals surface area (Å²) in [5.41, 5.74) is 2.07. The number of benzene rings is 2. The number of rotatable bonds is 6. The number of fused-ring (bicyclic) bond motifs is 1. The zero-order valence-electron chi connectivity index (χ0n) is 15.6. The van der Waals surface area contributed by atoms with Crippen LogP contribution in [0.1, 0.15) is 22.8 Å². The van der Waals surface area contributed by atoms with E-state index in [-0.39, 0.29) is 12.5 Å². The Morgan fingerprint density at radius 1 is 1.11 bits per heavy atom. The van der Waals surface area contributed by atoms with Gasteiger partial charge >= 0.3 is 5.97 Å². The normalized spacial score (nSPS) is 13.7. The molecule has 0 aromatic heterocycles. The van der Waals surface area contributed by atoms with E-state index in [1.807, 2.05) is 0 Å². The number of anilines is 1. The number of ether oxygens (including phenoxy) is 2. The third kappa shape index (κ3) is 3.73. The zero-order valence-corrected chi connectivity index (χ0v) is 15.6. The van der Waals surface area contributed by atoms with Gasteiger partial charge in [-0.25, -0.2) is 0 Å². The Balaban J connectivity index is 1.60. The van der Waals surface area contributed by atoms with Crippen LogP contribution in [0.5, 0.6) is 5.75 Å². The predicted octanol–water partition coefficient (Wildman–Crippen LogP) is 2.69. The summed E-state index contributed by atoms with van der Waals surface area (Å²) in [6.45, 7) is 5.01. The van der Waals surface area contributed by atoms with Crippen LogP contribution in [0.3, 0.4) is 0 Å². The number of amides is 2. The SMILES string of the molecule is C=C1c2ccccc2C(=O)N1CC(=O)OC(C)C(=O)Nc1ccccc1OC. The van der Waals surface area contributed by atoms with E-state index >= 15 is 0 Å². The summed E-state index contributed by atoms with van der Waals surface area (Å²) >= 11 is 0. The van der Waals surface area contributed by atoms with Crippen LogP contribution in [-0.2, 0) is 14.3 Å². The van der Waals surface area contributed by atoms with Gasteiger partial charge in [-0.2, -0.15) is 0 Å². The fourth-order valence-electron chi connectivity index (χ4n) is 2.90. The fourth-order valence-corrected chi connectivity index (χ4v) is 2.90. The highest BCUT2D eigenvalue weighted by Crippen LogP contribution is 2.30. The second kappa shape index (κ2) is 7.96. The molecular formula is C21H20N2O5. The summed E-state index contributed by atoms with van der Waals surface area (Å²) in [5, 5.41) is 2.65. The molecule has 1 N–H and O–H groups in total. The van der Waals surface area contributed by atoms with Crippen molar-refractivity contribution in [1.82, 2.24) is 4.90 Å². The van der Waals surface area contributed by atoms with Gasteiger partial charge in [-0.05, 0) is 25.1 Å². The Hall–Kier alpha value is -3.61. The molecule has 7 heteroatoms. The van der Waals surface area contributed by atoms with Crippen LogP contribution >= 0.6 is 0 Å². The highest BCUT2D eigenvalue weighted by Gasteiger charge is 2.33. The highest BCUT2D eigenvalue weighted by molar-refractivity contribution is 6.10. The van der Waals surface area contributed by atoms with E-state index in [1.165, 1.54) is 18.9 Å². The van der Waals surface area contributed by atoms with Gasteiger partial charge in [-0.1, -0.05) is 36.9 Å². The molecule has 3 rings (SSSR count). The van der Waals surface area contributed by atoms with Crippen LogP contribution in [0.25, 0.3) is 5.70 Å². The van der Waals surface area contributed by atoms with Gasteiger partial charge in [-0.15, -0.1) is 0 Å². The second-order valence-electron chi connectivity index (χ2n) is 6.21. The number of carbonyl (C=O) groups is 3. The molecule has 0 saturated heterocycles. The number of hydrogen-bond donors (Lipinski definition) is 1. The Labute approximate surface area is 162 Å². The van der Waals surface area contributed by atoms with Gasteiger partial charge in [0.25, 0.3) is 11.8 Å². The number of methoxy groups -OCH3 is 1. The maximum Gasteiger partial charge on any atom is 0.326 e. The van der Waals surface area contributed by atoms with Gasteiger partial charge in [0.1, 0.15) is 12.3 Å². The maximum atomic E-state index is 12.4. The lowest BCUT2D eigenvalue weighted by Crippen LogP contribution is -2.35. The molecule has 1 aliphatic heterocycles. The molecule has 0 fully saturated rings. The molecule has 1 aliphatic rings. The van der Waals surface area contributed by atoms with Crippen LogP contribution in [0.2, 0.25) is 0 Å². The summed E-state index contributed by atoms with van der Waals surface area (Å²) in [4.78, 5) is 38.3. The van der Waals surface area contributed by atoms with E-state index in [0.717, 1.165) is 0 Å². The monoisotopic (exact) mass is 380 g/mol. The number of carbonyl (C=O) groups excluding carboxylic acids is 3. The smallest absolute Gasteiger partial charge is 0.326 e. The van der Waals surface area contributed by atoms with Gasteiger partial charge in [0.2, 0.25) is 0 Å². The third-order valence-corrected chi connectivity index (χ3v) is 4.37. The first-order valence-electron chi connectivity index (χ1n) is 8.66. The second-order valence-corrected chi connectivity index (χ2v) is 6.21. The average Bonchev–Trinajstić information content (AvgIpc) is 2.93. The predicted molar refractivity (Wildman–Crippen MR) is 104 cm³/mol. The lowest BCUT2D eigenvalue weighted by atomic mass is 10.1. The van der Waals surface area contributed by atoms with Crippen molar-refractivity contribution in [3.8, 4) is 5.75 Å². The van der Waals surface area contributed by atoms with E-state index in [0.29, 0.717) is 28.3 Å². The van der Waals surface area contributed by atoms with Crippen molar-refractivity contribution >= 4 is 29.2 Å². The molecule has 1 atom stereocenters. The molecule has 2 aromatic carbocycles. The fraction of sp³-hybridized carbons (Fsp3) is 0.190. The van der Waals surface area contributed by atoms with E-state index in [9.17, 15) is 14.4 Å². The molecule has 0 aliphatic carbocycles. The molecule has 0 bridgehead atoms. The molecule has 1 heterocycles. The Morgan fingerprint density at radius 2 is 1.75 bits per heavy atom. The third-order valence-electron chi connectivity index (χ3n) is 4.37. The first-order chi connectivity index (χ1) is 13.4. The molecule has 0 saturated carbocycles. The number of hydrogen-bond acceptors (Lipinski definition) is 5. The molecule has 2 aromatic rings. The summed E-state index contributed by atoms with van der Waals surface area (Å²) < 4.78 is 10.4. The minimum atomic E-state index is -1.05. The van der Waals surface area contributed by atoms with Crippen molar-refractivity contribution in [2.24, 2.45) is 0 Å². The maximum absolute atomic E-state index is 12.4. The van der Waals surface area contributed by atoms with Crippen LogP contribution in [0.4, 0.5) is 5.69 Å². The van der Waals surface area contributed by atoms with Crippen LogP contribution in [-0.4, -0.2) is 42.4 Å². The molecule has 0 radical (unpaired) electrons. The van der Waals surface area contributed by atoms with Crippen LogP contribution < -0.4 is 10.1 Å². The van der Waals surface area contributed by atoms with Crippen molar-refractivity contribution in [2.75, 3.05) is 19.0 Å². The van der Waals surface area contributed by atoms with Crippen molar-refractivity contribution < 1.29 is 23.9 Å². The number of para-hydroxylation sites is 2. The van der Waals surface area contributed by atoms with Crippen molar-refractivity contribution in [1.29, 1.82) is 0 Å². The minimum Gasteiger partial charge on any atom is -0.495 e. The lowest BCUT2D eigenvalue weighted by Gasteiger charge is -2.19. The quantitative estimate of drug-likeness (QED) is 0.779. The van der Waals surface area contributed by atoms with E-state index < -0.39 is 18.0 Å². The number of nitrogens with one attached hydrogen (secondary N) is 1. The molecule has 7 nitrogen and oxygen atoms in total. The van der Waals surface area contributed by atoms with Crippen molar-refractivity contribution in [3.05, 3.63) is 66.2 Å². The molecule has 1 unspecified atom stereocenters. The van der Waals surface area contributed by atoms with Crippen LogP contribution in [0.15, 0.2) is 55.1 Å². The molecule has 2 amide bonds. The molecule has 0 spiro atoms. The Bertz CT molecular complexity index is 918. The first-order valence-corrected chi connectivity index (χ1v) is 8.66. The van der Waals surface area contributed by atoms with Gasteiger partial charge in [0.15, 0.2) is 6.10 Å². The van der Waals surface area contributed by atoms with Gasteiger partial charge in [0.05, 0.1) is 12.8 Å². The highest BCUT2D eigenvalue weighted by atomic mass is 16.5. The van der Waals surface area contributed by atoms with Crippen molar-refractivity contribution in [3.63, 3.8) is 0 Å². The topological polar surface area (TPSA) is 84.9 Å². The summed E-state index contributed by atoms with van der Waals surface area (Å²) in [6, 6.07) is 13.9. The Morgan fingerprint density at radius 3 is 2.43 bits per heavy atom.